The van der Waals surface area contributed by atoms with Crippen molar-refractivity contribution in [1.29, 1.82) is 0 Å². The van der Waals surface area contributed by atoms with Gasteiger partial charge in [-0.15, -0.1) is 4.98 Å². The Morgan fingerprint density at radius 2 is 1.73 bits per heavy atom. The molecule has 2 aromatic carbocycles. The minimum absolute atomic E-state index is 0.110. The Kier molecular flexibility index (Phi) is 4.24. The summed E-state index contributed by atoms with van der Waals surface area (Å²) in [6.45, 7) is 0. The van der Waals surface area contributed by atoms with E-state index in [1.807, 2.05) is 0 Å². The summed E-state index contributed by atoms with van der Waals surface area (Å²) in [7, 11) is 2.89. The predicted molar refractivity (Wildman–Crippen MR) is 109 cm³/mol. The maximum Gasteiger partial charge on any atom is 0.323 e. The fraction of sp³-hybridized carbons (Fsp3) is 0.105. The average Bonchev–Trinajstić information content (AvgIpc) is 3.17. The highest BCUT2D eigenvalue weighted by atomic mass is 32.2. The van der Waals surface area contributed by atoms with Crippen LogP contribution in [0.25, 0.3) is 32.6 Å². The number of H-pyrrole nitrogens is 2. The summed E-state index contributed by atoms with van der Waals surface area (Å²) in [5, 5.41) is 2.98. The summed E-state index contributed by atoms with van der Waals surface area (Å²) in [6.07, 6.45) is 1.55. The third kappa shape index (κ3) is 2.90. The van der Waals surface area contributed by atoms with E-state index in [9.17, 15) is 9.18 Å². The standard InChI is InChI=1S/C19H13FN6O3S/c1-28-16-24-17(29-2)26-19(25-16)30-18-22-13-9-4-3-8(20)7-11(9)12-10(14(13)23-18)5-6-21-15(12)27/h3-7H,1-2H3,(H,21,27)(H,22,23). The lowest BCUT2D eigenvalue weighted by atomic mass is 10.0. The summed E-state index contributed by atoms with van der Waals surface area (Å²) in [6, 6.07) is 6.27. The molecule has 0 aliphatic carbocycles. The van der Waals surface area contributed by atoms with Gasteiger partial charge in [0.1, 0.15) is 5.82 Å². The van der Waals surface area contributed by atoms with Gasteiger partial charge in [-0.2, -0.15) is 9.97 Å². The molecule has 0 radical (unpaired) electrons. The Morgan fingerprint density at radius 3 is 2.47 bits per heavy atom. The highest BCUT2D eigenvalue weighted by Crippen LogP contribution is 2.35. The molecule has 3 heterocycles. The van der Waals surface area contributed by atoms with Gasteiger partial charge in [0.15, 0.2) is 5.16 Å². The highest BCUT2D eigenvalue weighted by molar-refractivity contribution is 7.99. The van der Waals surface area contributed by atoms with E-state index in [0.717, 1.165) is 11.8 Å². The summed E-state index contributed by atoms with van der Waals surface area (Å²) >= 11 is 1.15. The van der Waals surface area contributed by atoms with Crippen LogP contribution in [0.2, 0.25) is 0 Å². The molecule has 0 bridgehead atoms. The van der Waals surface area contributed by atoms with E-state index >= 15 is 0 Å². The third-order valence-electron chi connectivity index (χ3n) is 4.55. The number of aromatic nitrogens is 6. The number of fused-ring (bicyclic) bond motifs is 6. The lowest BCUT2D eigenvalue weighted by Crippen LogP contribution is -2.05. The van der Waals surface area contributed by atoms with Gasteiger partial charge in [0.25, 0.3) is 5.56 Å². The number of aromatic amines is 2. The van der Waals surface area contributed by atoms with Crippen molar-refractivity contribution in [2.45, 2.75) is 10.3 Å². The fourth-order valence-electron chi connectivity index (χ4n) is 3.31. The minimum atomic E-state index is -0.430. The second-order valence-electron chi connectivity index (χ2n) is 6.24. The first-order valence-corrected chi connectivity index (χ1v) is 9.53. The zero-order chi connectivity index (χ0) is 20.8. The van der Waals surface area contributed by atoms with Crippen LogP contribution in [0.4, 0.5) is 4.39 Å². The predicted octanol–water partition coefficient (Wildman–Crippen LogP) is 3.05. The number of hydrogen-bond donors (Lipinski definition) is 2. The molecule has 0 amide bonds. The number of benzene rings is 2. The number of hydrogen-bond acceptors (Lipinski definition) is 8. The van der Waals surface area contributed by atoms with Gasteiger partial charge < -0.3 is 19.4 Å². The van der Waals surface area contributed by atoms with E-state index in [4.69, 9.17) is 9.47 Å². The van der Waals surface area contributed by atoms with Gasteiger partial charge in [0.2, 0.25) is 5.16 Å². The van der Waals surface area contributed by atoms with Crippen LogP contribution in [-0.2, 0) is 0 Å². The van der Waals surface area contributed by atoms with Gasteiger partial charge in [0, 0.05) is 22.4 Å². The molecule has 30 heavy (non-hydrogen) atoms. The number of pyridine rings is 1. The molecule has 0 saturated heterocycles. The van der Waals surface area contributed by atoms with Crippen LogP contribution in [-0.4, -0.2) is 44.1 Å². The molecule has 0 unspecified atom stereocenters. The van der Waals surface area contributed by atoms with E-state index in [1.54, 1.807) is 18.3 Å². The average molecular weight is 424 g/mol. The van der Waals surface area contributed by atoms with Gasteiger partial charge >= 0.3 is 12.0 Å². The number of methoxy groups -OCH3 is 2. The molecule has 9 nitrogen and oxygen atoms in total. The van der Waals surface area contributed by atoms with Crippen LogP contribution in [0.3, 0.4) is 0 Å². The van der Waals surface area contributed by atoms with E-state index in [-0.39, 0.29) is 17.6 Å². The number of nitrogens with one attached hydrogen (secondary N) is 2. The molecule has 2 N–H and O–H groups in total. The monoisotopic (exact) mass is 424 g/mol. The molecule has 5 aromatic rings. The molecular formula is C19H13FN6O3S. The number of rotatable bonds is 4. The summed E-state index contributed by atoms with van der Waals surface area (Å²) in [5.74, 6) is -0.430. The molecule has 3 aromatic heterocycles. The lowest BCUT2D eigenvalue weighted by Gasteiger charge is -2.05. The molecule has 0 spiro atoms. The summed E-state index contributed by atoms with van der Waals surface area (Å²) in [4.78, 5) is 35.4. The first-order valence-electron chi connectivity index (χ1n) is 8.71. The third-order valence-corrected chi connectivity index (χ3v) is 5.30. The molecule has 0 aliphatic heterocycles. The van der Waals surface area contributed by atoms with E-state index in [2.05, 4.69) is 29.9 Å². The second kappa shape index (κ2) is 6.95. The highest BCUT2D eigenvalue weighted by Gasteiger charge is 2.17. The van der Waals surface area contributed by atoms with Crippen molar-refractivity contribution >= 4 is 44.3 Å². The Balaban J connectivity index is 1.75. The van der Waals surface area contributed by atoms with Crippen LogP contribution in [0.5, 0.6) is 12.0 Å². The zero-order valence-corrected chi connectivity index (χ0v) is 16.5. The molecule has 0 saturated carbocycles. The van der Waals surface area contributed by atoms with Crippen LogP contribution < -0.4 is 15.0 Å². The quantitative estimate of drug-likeness (QED) is 0.423. The van der Waals surface area contributed by atoms with Crippen molar-refractivity contribution in [3.63, 3.8) is 0 Å². The van der Waals surface area contributed by atoms with Crippen molar-refractivity contribution < 1.29 is 13.9 Å². The molecule has 5 rings (SSSR count). The Labute approximate surface area is 171 Å². The topological polar surface area (TPSA) is 119 Å². The number of ether oxygens (including phenoxy) is 2. The maximum atomic E-state index is 13.9. The van der Waals surface area contributed by atoms with E-state index in [1.165, 1.54) is 26.4 Å². The number of halogens is 1. The van der Waals surface area contributed by atoms with E-state index < -0.39 is 5.82 Å². The van der Waals surface area contributed by atoms with Crippen molar-refractivity contribution in [2.24, 2.45) is 0 Å². The molecule has 0 atom stereocenters. The normalized spacial score (nSPS) is 11.4. The van der Waals surface area contributed by atoms with Crippen LogP contribution in [0, 0.1) is 5.82 Å². The lowest BCUT2D eigenvalue weighted by molar-refractivity contribution is 0.332. The van der Waals surface area contributed by atoms with Gasteiger partial charge in [-0.3, -0.25) is 4.79 Å². The smallest absolute Gasteiger partial charge is 0.323 e. The molecule has 11 heteroatoms. The fourth-order valence-corrected chi connectivity index (χ4v) is 4.02. The minimum Gasteiger partial charge on any atom is -0.467 e. The van der Waals surface area contributed by atoms with Crippen molar-refractivity contribution in [2.75, 3.05) is 14.2 Å². The SMILES string of the molecule is COc1nc(OC)nc(Sc2nc3c4ccc(F)cc4c4c(=O)[nH]ccc4c3[nH]2)n1. The van der Waals surface area contributed by atoms with E-state index in [0.29, 0.717) is 42.9 Å². The van der Waals surface area contributed by atoms with Crippen molar-refractivity contribution in [1.82, 2.24) is 29.9 Å². The zero-order valence-electron chi connectivity index (χ0n) is 15.7. The Morgan fingerprint density at radius 1 is 0.967 bits per heavy atom. The number of imidazole rings is 1. The largest absolute Gasteiger partial charge is 0.467 e. The Hall–Kier alpha value is -3.73. The molecule has 0 aliphatic rings. The van der Waals surface area contributed by atoms with Gasteiger partial charge in [-0.25, -0.2) is 9.37 Å². The first-order chi connectivity index (χ1) is 14.6. The second-order valence-corrected chi connectivity index (χ2v) is 7.20. The van der Waals surface area contributed by atoms with Gasteiger partial charge in [0.05, 0.1) is 30.6 Å². The molecular weight excluding hydrogens is 411 g/mol. The summed E-state index contributed by atoms with van der Waals surface area (Å²) < 4.78 is 24.1. The van der Waals surface area contributed by atoms with Crippen LogP contribution in [0.15, 0.2) is 45.6 Å². The maximum absolute atomic E-state index is 13.9. The number of nitrogens with zero attached hydrogens (tertiary/aromatic N) is 4. The van der Waals surface area contributed by atoms with Gasteiger partial charge in [-0.05, 0) is 36.0 Å². The van der Waals surface area contributed by atoms with Crippen LogP contribution in [0.1, 0.15) is 0 Å². The summed E-state index contributed by atoms with van der Waals surface area (Å²) in [5.41, 5.74) is 0.963. The van der Waals surface area contributed by atoms with Crippen molar-refractivity contribution in [3.8, 4) is 12.0 Å². The van der Waals surface area contributed by atoms with Gasteiger partial charge in [-0.1, -0.05) is 0 Å². The molecule has 150 valence electrons. The van der Waals surface area contributed by atoms with Crippen molar-refractivity contribution in [3.05, 3.63) is 46.6 Å². The van der Waals surface area contributed by atoms with Crippen LogP contribution >= 0.6 is 11.8 Å². The Bertz CT molecular complexity index is 1480. The first kappa shape index (κ1) is 18.3. The molecule has 0 fully saturated rings.